The number of imidazole rings is 7. The van der Waals surface area contributed by atoms with Crippen LogP contribution < -0.4 is 0 Å². The Hall–Kier alpha value is -12.8. The lowest BCUT2D eigenvalue weighted by molar-refractivity contribution is -0.389. The van der Waals surface area contributed by atoms with Crippen molar-refractivity contribution in [2.45, 2.75) is 145 Å². The summed E-state index contributed by atoms with van der Waals surface area (Å²) >= 11 is 0. The quantitative estimate of drug-likeness (QED) is 0.0185. The van der Waals surface area contributed by atoms with Crippen molar-refractivity contribution in [2.75, 3.05) is 40.0 Å². The third-order valence-corrected chi connectivity index (χ3v) is 14.1. The van der Waals surface area contributed by atoms with Crippen molar-refractivity contribution in [2.24, 2.45) is 0 Å². The largest absolute Gasteiger partial charge is 0.453 e. The van der Waals surface area contributed by atoms with Crippen molar-refractivity contribution < 1.29 is 141 Å². The molecule has 0 amide bonds. The first-order valence-electron chi connectivity index (χ1n) is 31.9. The number of aliphatic hydroxyl groups excluding tert-OH is 6. The zero-order chi connectivity index (χ0) is 87.5. The van der Waals surface area contributed by atoms with E-state index >= 15 is 0 Å². The van der Waals surface area contributed by atoms with Gasteiger partial charge in [0.15, 0.2) is 23.6 Å². The van der Waals surface area contributed by atoms with Crippen LogP contribution in [0.3, 0.4) is 0 Å². The number of rotatable bonds is 35. The molecule has 1 saturated heterocycles. The summed E-state index contributed by atoms with van der Waals surface area (Å²) in [6.45, 7) is -5.43. The molecule has 8 aromatic heterocycles. The molecule has 116 heavy (non-hydrogen) atoms. The number of nitro groups is 7. The molecule has 0 radical (unpaired) electrons. The number of Topliss-reactive ketones (excluding diaryl/α,β-unsaturated/α-hetero) is 3. The first kappa shape index (κ1) is 97.4. The molecule has 0 aromatic carbocycles. The molecule has 8 aromatic rings. The minimum absolute atomic E-state index is 0.000833. The van der Waals surface area contributed by atoms with Crippen LogP contribution in [0.4, 0.5) is 97.8 Å². The first-order chi connectivity index (χ1) is 54.3. The predicted molar refractivity (Wildman–Crippen MR) is 351 cm³/mol. The van der Waals surface area contributed by atoms with Gasteiger partial charge in [-0.2, -0.15) is 35.1 Å². The molecule has 8 unspecified atom stereocenters. The van der Waals surface area contributed by atoms with E-state index in [2.05, 4.69) is 45.2 Å². The van der Waals surface area contributed by atoms with Crippen molar-refractivity contribution in [1.29, 1.82) is 0 Å². The minimum atomic E-state index is -5.71. The zero-order valence-corrected chi connectivity index (χ0v) is 58.7. The second-order valence-electron chi connectivity index (χ2n) is 23.2. The Morgan fingerprint density at radius 3 is 1.21 bits per heavy atom. The summed E-state index contributed by atoms with van der Waals surface area (Å²) in [5, 5.41) is 135. The average Bonchev–Trinajstić information content (AvgIpc) is 1.27. The molecule has 1 aliphatic rings. The molecule has 640 valence electrons. The Morgan fingerprint density at radius 2 is 0.853 bits per heavy atom. The molecule has 1 fully saturated rings. The number of ketones is 3. The van der Waals surface area contributed by atoms with Gasteiger partial charge in [0.25, 0.3) is 0 Å². The van der Waals surface area contributed by atoms with Crippen LogP contribution in [-0.2, 0) is 58.4 Å². The molecule has 6 N–H and O–H groups in total. The minimum Gasteiger partial charge on any atom is -0.394 e. The van der Waals surface area contributed by atoms with E-state index in [1.807, 2.05) is 0 Å². The van der Waals surface area contributed by atoms with Gasteiger partial charge in [-0.3, -0.25) is 23.3 Å². The number of carbonyl (C=O) groups excluding carboxylic acids is 3. The fourth-order valence-corrected chi connectivity index (χ4v) is 8.38. The van der Waals surface area contributed by atoms with Crippen molar-refractivity contribution >= 4 is 58.1 Å². The maximum Gasteiger partial charge on any atom is 0.453 e. The molecule has 1 aliphatic heterocycles. The molecule has 9 rings (SSSR count). The molecule has 0 aliphatic carbocycles. The summed E-state index contributed by atoms with van der Waals surface area (Å²) in [6, 6.07) is -0.765. The van der Waals surface area contributed by atoms with Gasteiger partial charge < -0.3 is 134 Å². The molecule has 48 nitrogen and oxygen atoms in total. The monoisotopic (exact) mass is 1690 g/mol. The van der Waals surface area contributed by atoms with Gasteiger partial charge >= 0.3 is 59.0 Å². The van der Waals surface area contributed by atoms with Crippen molar-refractivity contribution in [3.8, 4) is 0 Å². The summed E-state index contributed by atoms with van der Waals surface area (Å²) in [6.07, 6.45) is -6.25. The summed E-state index contributed by atoms with van der Waals surface area (Å²) in [5.74, 6) is -9.34. The number of alkyl halides is 13. The van der Waals surface area contributed by atoms with E-state index in [0.29, 0.717) is 5.69 Å². The maximum absolute atomic E-state index is 12.6. The first-order valence-corrected chi connectivity index (χ1v) is 31.9. The van der Waals surface area contributed by atoms with E-state index < -0.39 is 196 Å². The number of hydrogen-bond donors (Lipinski definition) is 6. The third-order valence-electron chi connectivity index (χ3n) is 14.1. The number of ether oxygens (including phenoxy) is 1. The number of carbonyl (C=O) groups is 3. The maximum atomic E-state index is 12.6. The molecule has 0 spiro atoms. The van der Waals surface area contributed by atoms with Crippen LogP contribution in [0, 0.1) is 70.8 Å². The van der Waals surface area contributed by atoms with Gasteiger partial charge in [-0.15, -0.1) is 5.10 Å². The molecular formula is C55H65F13N24O24. The summed E-state index contributed by atoms with van der Waals surface area (Å²) in [4.78, 5) is 125. The van der Waals surface area contributed by atoms with Crippen LogP contribution in [0.2, 0.25) is 0 Å². The Balaban J connectivity index is 0.000000351. The van der Waals surface area contributed by atoms with E-state index in [-0.39, 0.29) is 81.2 Å². The van der Waals surface area contributed by atoms with Gasteiger partial charge in [0.05, 0.1) is 65.2 Å². The lowest BCUT2D eigenvalue weighted by Crippen LogP contribution is -2.36. The Kier molecular flexibility index (Phi) is 39.0. The Bertz CT molecular complexity index is 4470. The molecule has 61 heteroatoms. The van der Waals surface area contributed by atoms with Crippen molar-refractivity contribution in [3.05, 3.63) is 170 Å². The SMILES string of the molecule is O=C(CCC(F)(F)C(F)(F)F)Cn1cnc([N+](=O)[O-])c1.O=C(CCC(F)(F)F)Cn1cnc([N+](=O)[O-])c1.O=C(CCCF)Cn1cnc([N+](=O)[O-])c1.O=[N+]([O-])c1cn(C2OC(CF)C(O)C2O)cn1.O=[N+]([O-])c1cn(CC(O)C(O)CF)cn1.O=[N+]([O-])c1cn(CC(O)CF)cn1.O=[N+]([O-])c1cn(Cc2cn(C(CO)CF)nn2)cn1. The fourth-order valence-electron chi connectivity index (χ4n) is 8.38. The number of aromatic nitrogens is 17. The van der Waals surface area contributed by atoms with E-state index in [4.69, 9.17) is 20.1 Å². The number of aliphatic hydroxyl groups is 6. The average molecular weight is 1690 g/mol. The van der Waals surface area contributed by atoms with Crippen LogP contribution in [-0.4, -0.2) is 259 Å². The number of halogens is 13. The predicted octanol–water partition coefficient (Wildman–Crippen LogP) is 4.07. The van der Waals surface area contributed by atoms with Crippen LogP contribution in [0.15, 0.2) is 93.9 Å². The van der Waals surface area contributed by atoms with Gasteiger partial charge in [-0.1, -0.05) is 5.21 Å². The van der Waals surface area contributed by atoms with Gasteiger partial charge in [0.1, 0.15) is 118 Å². The number of nitrogens with zero attached hydrogens (tertiary/aromatic N) is 24. The van der Waals surface area contributed by atoms with Crippen molar-refractivity contribution in [3.63, 3.8) is 0 Å². The fraction of sp³-hybridized carbons (Fsp3) is 0.527. The highest BCUT2D eigenvalue weighted by atomic mass is 19.4. The second-order valence-corrected chi connectivity index (χ2v) is 23.2. The Labute approximate surface area is 635 Å². The summed E-state index contributed by atoms with van der Waals surface area (Å²) < 4.78 is 171. The van der Waals surface area contributed by atoms with Crippen LogP contribution in [0.1, 0.15) is 56.5 Å². The van der Waals surface area contributed by atoms with Crippen molar-refractivity contribution in [1.82, 2.24) is 81.9 Å². The smallest absolute Gasteiger partial charge is 0.394 e. The highest BCUT2D eigenvalue weighted by Crippen LogP contribution is 2.39. The van der Waals surface area contributed by atoms with Crippen LogP contribution in [0.25, 0.3) is 0 Å². The van der Waals surface area contributed by atoms with Gasteiger partial charge in [-0.05, 0) is 75.8 Å². The topological polar surface area (TPSA) is 639 Å². The molecule has 0 saturated carbocycles. The second kappa shape index (κ2) is 46.4. The molecule has 9 heterocycles. The molecular weight excluding hydrogens is 1630 g/mol. The molecule has 8 atom stereocenters. The van der Waals surface area contributed by atoms with E-state index in [0.717, 1.165) is 70.0 Å². The summed E-state index contributed by atoms with van der Waals surface area (Å²) in [7, 11) is 0. The molecule has 0 bridgehead atoms. The zero-order valence-electron chi connectivity index (χ0n) is 58.7. The third kappa shape index (κ3) is 33.5. The standard InChI is InChI=1S/C9H8F5N3O3.C9H11FN6O3.C8H8F3N3O3.C8H10FN3O5.C8H10FN3O3.C7H10FN3O4.C6H8FN3O3/c10-8(11,9(12,13)14)2-1-6(18)3-16-4-7(15-5-16)17(19)20;10-1-8(5-17)15-3-7(12-13-15)2-14-4-9(11-6-14)16(18)19;9-8(10,11)2-1-6(15)3-13-4-7(12-5-13)14(16)17;9-1-4-6(13)7(14)8(17-4)11-2-5(10-3-11)12(15)16;9-3-1-2-7(13)4-11-5-8(10-6-11)12(14)15;8-1-5(12)6(13)2-10-3-7(9-4-10)11(14)15;7-1-5(11)2-9-3-6(8-4-9)10(12)13/h4-5H,1-3H2;3-4,6,8,17H,1-2,5H2;4-5H,1-3H2;2-4,6-8,13-14H,1H2;5-6H,1-4H2;3-6,12-13H,1-2H2;3-5,11H,1-2H2. The highest BCUT2D eigenvalue weighted by molar-refractivity contribution is 5.79. The normalized spacial score (nSPS) is 15.4. The summed E-state index contributed by atoms with van der Waals surface area (Å²) in [5.41, 5.74) is 0.485. The van der Waals surface area contributed by atoms with Crippen LogP contribution in [0.5, 0.6) is 0 Å². The van der Waals surface area contributed by atoms with Gasteiger partial charge in [-0.25, -0.2) is 22.2 Å². The lowest BCUT2D eigenvalue weighted by atomic mass is 10.1. The van der Waals surface area contributed by atoms with Gasteiger partial charge in [0.2, 0.25) is 44.3 Å². The van der Waals surface area contributed by atoms with Gasteiger partial charge in [0, 0.05) is 25.7 Å². The number of hydrogen-bond acceptors (Lipinski definition) is 33. The van der Waals surface area contributed by atoms with E-state index in [9.17, 15) is 158 Å². The Morgan fingerprint density at radius 1 is 0.474 bits per heavy atom. The lowest BCUT2D eigenvalue weighted by Gasteiger charge is -2.18. The van der Waals surface area contributed by atoms with E-state index in [1.54, 1.807) is 0 Å². The highest BCUT2D eigenvalue weighted by Gasteiger charge is 2.57. The van der Waals surface area contributed by atoms with Crippen LogP contribution >= 0.6 is 0 Å². The van der Waals surface area contributed by atoms with E-state index in [1.165, 1.54) is 60.5 Å².